The van der Waals surface area contributed by atoms with Crippen LogP contribution >= 0.6 is 0 Å². The van der Waals surface area contributed by atoms with Crippen molar-refractivity contribution in [3.63, 3.8) is 0 Å². The maximum absolute atomic E-state index is 5.42. The fourth-order valence-corrected chi connectivity index (χ4v) is 12.3. The Hall–Kier alpha value is -5.25. The molecule has 0 bridgehead atoms. The molecule has 0 aromatic heterocycles. The van der Waals surface area contributed by atoms with E-state index < -0.39 is 0 Å². The average molecular weight is 786 g/mol. The monoisotopic (exact) mass is 785 g/mol. The lowest BCUT2D eigenvalue weighted by Crippen LogP contribution is -2.56. The summed E-state index contributed by atoms with van der Waals surface area (Å²) in [5, 5.41) is 7.80. The molecule has 0 spiro atoms. The SMILES string of the molecule is CC1=CC2CC=CC=C2C(C2=C3CCC=CC3c3c2ccc2c3C=CCC2)=C1C1C=CCCC1C(C)C1=CC=CC(C2=NC(c3ccccc3)NC(C3C=CC=CC3)N2)C1. The molecule has 3 heteroatoms. The Labute approximate surface area is 358 Å². The molecule has 60 heavy (non-hydrogen) atoms. The first kappa shape index (κ1) is 37.7. The van der Waals surface area contributed by atoms with E-state index in [0.717, 1.165) is 57.2 Å². The predicted octanol–water partition coefficient (Wildman–Crippen LogP) is 13.1. The molecule has 3 nitrogen and oxygen atoms in total. The molecule has 0 fully saturated rings. The number of fused-ring (bicyclic) bond motifs is 6. The smallest absolute Gasteiger partial charge is 0.129 e. The van der Waals surface area contributed by atoms with Crippen LogP contribution in [0.25, 0.3) is 11.6 Å². The fourth-order valence-electron chi connectivity index (χ4n) is 12.3. The first-order chi connectivity index (χ1) is 29.6. The molecule has 2 aromatic carbocycles. The van der Waals surface area contributed by atoms with Crippen molar-refractivity contribution in [3.05, 3.63) is 201 Å². The maximum atomic E-state index is 5.42. The highest BCUT2D eigenvalue weighted by Gasteiger charge is 2.42. The molecular formula is C57H59N3. The van der Waals surface area contributed by atoms with Crippen molar-refractivity contribution in [2.24, 2.45) is 40.5 Å². The minimum absolute atomic E-state index is 0.0733. The molecule has 0 radical (unpaired) electrons. The molecule has 11 rings (SSSR count). The lowest BCUT2D eigenvalue weighted by molar-refractivity contribution is 0.299. The predicted molar refractivity (Wildman–Crippen MR) is 251 cm³/mol. The van der Waals surface area contributed by atoms with E-state index in [0.29, 0.717) is 35.5 Å². The van der Waals surface area contributed by atoms with Crippen molar-refractivity contribution in [1.29, 1.82) is 0 Å². The van der Waals surface area contributed by atoms with E-state index in [4.69, 9.17) is 4.99 Å². The second-order valence-electron chi connectivity index (χ2n) is 18.7. The van der Waals surface area contributed by atoms with Crippen molar-refractivity contribution in [3.8, 4) is 0 Å². The zero-order valence-electron chi connectivity index (χ0n) is 35.4. The van der Waals surface area contributed by atoms with Crippen molar-refractivity contribution >= 4 is 17.5 Å². The first-order valence-corrected chi connectivity index (χ1v) is 23.2. The summed E-state index contributed by atoms with van der Waals surface area (Å²) >= 11 is 0. The summed E-state index contributed by atoms with van der Waals surface area (Å²) in [6.07, 6.45) is 51.1. The Balaban J connectivity index is 0.963. The van der Waals surface area contributed by atoms with Crippen molar-refractivity contribution in [1.82, 2.24) is 10.6 Å². The third-order valence-electron chi connectivity index (χ3n) is 15.3. The number of nitrogens with one attached hydrogen (secondary N) is 2. The molecule has 1 heterocycles. The number of rotatable bonds is 7. The van der Waals surface area contributed by atoms with Crippen LogP contribution in [0.4, 0.5) is 0 Å². The van der Waals surface area contributed by atoms with Gasteiger partial charge in [0, 0.05) is 29.6 Å². The van der Waals surface area contributed by atoms with Gasteiger partial charge in [-0.15, -0.1) is 0 Å². The van der Waals surface area contributed by atoms with Gasteiger partial charge in [-0.3, -0.25) is 5.32 Å². The van der Waals surface area contributed by atoms with Gasteiger partial charge in [0.25, 0.3) is 0 Å². The Kier molecular flexibility index (Phi) is 10.0. The molecule has 9 aliphatic rings. The highest BCUT2D eigenvalue weighted by molar-refractivity contribution is 5.96. The van der Waals surface area contributed by atoms with Crippen LogP contribution in [0, 0.1) is 35.5 Å². The summed E-state index contributed by atoms with van der Waals surface area (Å²) in [4.78, 5) is 5.42. The number of nitrogens with zero attached hydrogens (tertiary/aromatic N) is 1. The van der Waals surface area contributed by atoms with Gasteiger partial charge in [-0.05, 0) is 127 Å². The molecule has 0 saturated heterocycles. The van der Waals surface area contributed by atoms with Gasteiger partial charge < -0.3 is 5.32 Å². The van der Waals surface area contributed by atoms with E-state index in [-0.39, 0.29) is 18.2 Å². The lowest BCUT2D eigenvalue weighted by Gasteiger charge is -2.41. The van der Waals surface area contributed by atoms with Crippen molar-refractivity contribution in [2.45, 2.75) is 89.9 Å². The van der Waals surface area contributed by atoms with Gasteiger partial charge in [0.15, 0.2) is 0 Å². The second kappa shape index (κ2) is 16.0. The van der Waals surface area contributed by atoms with Gasteiger partial charge in [0.05, 0.1) is 6.17 Å². The Morgan fingerprint density at radius 1 is 0.767 bits per heavy atom. The van der Waals surface area contributed by atoms with Gasteiger partial charge in [0.1, 0.15) is 12.0 Å². The Bertz CT molecular complexity index is 2480. The van der Waals surface area contributed by atoms with Crippen LogP contribution in [0.3, 0.4) is 0 Å². The normalized spacial score (nSPS) is 31.7. The Morgan fingerprint density at radius 3 is 2.55 bits per heavy atom. The highest BCUT2D eigenvalue weighted by Crippen LogP contribution is 2.58. The van der Waals surface area contributed by atoms with Crippen LogP contribution in [0.5, 0.6) is 0 Å². The summed E-state index contributed by atoms with van der Waals surface area (Å²) < 4.78 is 0. The van der Waals surface area contributed by atoms with E-state index in [1.807, 2.05) is 0 Å². The van der Waals surface area contributed by atoms with E-state index in [2.05, 4.69) is 170 Å². The maximum Gasteiger partial charge on any atom is 0.129 e. The lowest BCUT2D eigenvalue weighted by atomic mass is 9.63. The zero-order chi connectivity index (χ0) is 40.2. The number of hydrogen-bond acceptors (Lipinski definition) is 3. The van der Waals surface area contributed by atoms with E-state index in [1.54, 1.807) is 39.0 Å². The second-order valence-corrected chi connectivity index (χ2v) is 18.7. The van der Waals surface area contributed by atoms with Gasteiger partial charge >= 0.3 is 0 Å². The third-order valence-corrected chi connectivity index (χ3v) is 15.3. The molecule has 0 saturated carbocycles. The number of hydrogen-bond donors (Lipinski definition) is 2. The standard InChI is InChI=1S/C57H59N3/c1-36-34-42-23-10-12-28-46(42)54(53-49-31-16-15-30-48(49)52-45-27-11-9-18-38(45)32-33-50(52)53)51(36)47-29-14-13-26-44(47)37(2)41-24-17-25-43(35-41)57-59-55(39-19-5-3-6-20-39)58-56(60-57)40-21-7-4-8-22-40/h3-8,10-12,14-15,17,19-21,24-25,27-30,32-34,37,40,42-44,47-48,55-56,58H,9,13,16,18,22-23,26,31,35H2,1-2H3,(H,59,60). The molecule has 2 N–H and O–H groups in total. The quantitative estimate of drug-likeness (QED) is 0.274. The van der Waals surface area contributed by atoms with Gasteiger partial charge in [-0.2, -0.15) is 0 Å². The number of aliphatic imine (C=N–C) groups is 1. The fraction of sp³-hybridized carbons (Fsp3) is 0.351. The molecular weight excluding hydrogens is 727 g/mol. The molecule has 9 atom stereocenters. The van der Waals surface area contributed by atoms with Crippen molar-refractivity contribution < 1.29 is 0 Å². The van der Waals surface area contributed by atoms with E-state index in [1.165, 1.54) is 34.2 Å². The van der Waals surface area contributed by atoms with Crippen LogP contribution < -0.4 is 10.6 Å². The minimum atomic E-state index is -0.0733. The summed E-state index contributed by atoms with van der Waals surface area (Å²) in [5.74, 6) is 3.79. The number of allylic oxidation sites excluding steroid dienone is 21. The van der Waals surface area contributed by atoms with E-state index in [9.17, 15) is 0 Å². The van der Waals surface area contributed by atoms with Gasteiger partial charge in [-0.25, -0.2) is 4.99 Å². The van der Waals surface area contributed by atoms with Crippen LogP contribution in [0.1, 0.15) is 105 Å². The van der Waals surface area contributed by atoms with Gasteiger partial charge in [-0.1, -0.05) is 169 Å². The van der Waals surface area contributed by atoms with Crippen LogP contribution in [0.15, 0.2) is 178 Å². The summed E-state index contributed by atoms with van der Waals surface area (Å²) in [7, 11) is 0. The molecule has 0 amide bonds. The average Bonchev–Trinajstić information content (AvgIpc) is 3.66. The molecule has 1 aliphatic heterocycles. The summed E-state index contributed by atoms with van der Waals surface area (Å²) in [6, 6.07) is 15.8. The van der Waals surface area contributed by atoms with Crippen molar-refractivity contribution in [2.75, 3.05) is 0 Å². The van der Waals surface area contributed by atoms with E-state index >= 15 is 0 Å². The molecule has 8 aliphatic carbocycles. The first-order valence-electron chi connectivity index (χ1n) is 23.2. The number of aryl methyl sites for hydroxylation is 1. The largest absolute Gasteiger partial charge is 0.357 e. The Morgan fingerprint density at radius 2 is 1.65 bits per heavy atom. The highest BCUT2D eigenvalue weighted by atomic mass is 15.3. The third kappa shape index (κ3) is 6.65. The molecule has 2 aromatic rings. The molecule has 302 valence electrons. The zero-order valence-corrected chi connectivity index (χ0v) is 35.4. The number of benzene rings is 2. The summed E-state index contributed by atoms with van der Waals surface area (Å²) in [6.45, 7) is 4.99. The molecule has 9 unspecified atom stereocenters. The van der Waals surface area contributed by atoms with Crippen LogP contribution in [0.2, 0.25) is 0 Å². The van der Waals surface area contributed by atoms with Crippen LogP contribution in [-0.2, 0) is 6.42 Å². The summed E-state index contributed by atoms with van der Waals surface area (Å²) in [5.41, 5.74) is 18.3. The number of amidine groups is 1. The minimum Gasteiger partial charge on any atom is -0.357 e. The topological polar surface area (TPSA) is 36.4 Å². The van der Waals surface area contributed by atoms with Crippen LogP contribution in [-0.4, -0.2) is 12.0 Å². The van der Waals surface area contributed by atoms with Gasteiger partial charge in [0.2, 0.25) is 0 Å².